The SMILES string of the molecule is C[C@@H]1C[C@]2(O)OC(=O)C3=C2[C@@H](CCC3)[C@@]12C[C@@H](c1ccoc1)OC2=O. The Labute approximate surface area is 144 Å². The number of fused-ring (bicyclic) bond motifs is 1. The van der Waals surface area contributed by atoms with Crippen LogP contribution in [0.5, 0.6) is 0 Å². The van der Waals surface area contributed by atoms with Gasteiger partial charge in [-0.25, -0.2) is 4.79 Å². The van der Waals surface area contributed by atoms with Gasteiger partial charge in [0, 0.05) is 35.5 Å². The largest absolute Gasteiger partial charge is 0.472 e. The lowest BCUT2D eigenvalue weighted by atomic mass is 9.53. The molecule has 2 fully saturated rings. The molecule has 2 aliphatic carbocycles. The zero-order valence-electron chi connectivity index (χ0n) is 14.0. The van der Waals surface area contributed by atoms with Gasteiger partial charge in [-0.3, -0.25) is 4.79 Å². The zero-order valence-corrected chi connectivity index (χ0v) is 14.0. The maximum Gasteiger partial charge on any atom is 0.336 e. The third kappa shape index (κ3) is 1.78. The second-order valence-electron chi connectivity index (χ2n) is 7.81. The van der Waals surface area contributed by atoms with Crippen LogP contribution in [-0.2, 0) is 19.1 Å². The van der Waals surface area contributed by atoms with E-state index in [9.17, 15) is 14.7 Å². The summed E-state index contributed by atoms with van der Waals surface area (Å²) in [4.78, 5) is 25.3. The summed E-state index contributed by atoms with van der Waals surface area (Å²) >= 11 is 0. The Kier molecular flexibility index (Phi) is 2.89. The first kappa shape index (κ1) is 15.2. The summed E-state index contributed by atoms with van der Waals surface area (Å²) in [6.45, 7) is 1.95. The topological polar surface area (TPSA) is 86.0 Å². The minimum Gasteiger partial charge on any atom is -0.472 e. The molecule has 5 rings (SSSR count). The molecule has 6 nitrogen and oxygen atoms in total. The molecule has 0 amide bonds. The lowest BCUT2D eigenvalue weighted by Crippen LogP contribution is -2.54. The maximum atomic E-state index is 13.1. The number of hydrogen-bond donors (Lipinski definition) is 1. The van der Waals surface area contributed by atoms with Gasteiger partial charge in [-0.1, -0.05) is 6.92 Å². The van der Waals surface area contributed by atoms with Crippen LogP contribution in [0.25, 0.3) is 0 Å². The average molecular weight is 344 g/mol. The van der Waals surface area contributed by atoms with Gasteiger partial charge in [-0.2, -0.15) is 0 Å². The number of furan rings is 1. The molecule has 0 bridgehead atoms. The number of cyclic esters (lactones) is 1. The smallest absolute Gasteiger partial charge is 0.336 e. The lowest BCUT2D eigenvalue weighted by molar-refractivity contribution is -0.205. The van der Waals surface area contributed by atoms with Crippen LogP contribution >= 0.6 is 0 Å². The minimum absolute atomic E-state index is 0.152. The molecule has 0 unspecified atom stereocenters. The highest BCUT2D eigenvalue weighted by Crippen LogP contribution is 2.64. The fourth-order valence-corrected chi connectivity index (χ4v) is 5.57. The van der Waals surface area contributed by atoms with E-state index in [1.54, 1.807) is 12.5 Å². The monoisotopic (exact) mass is 344 g/mol. The highest BCUT2D eigenvalue weighted by molar-refractivity contribution is 5.94. The van der Waals surface area contributed by atoms with Crippen molar-refractivity contribution in [2.24, 2.45) is 17.3 Å². The van der Waals surface area contributed by atoms with E-state index >= 15 is 0 Å². The first-order valence-electron chi connectivity index (χ1n) is 8.88. The van der Waals surface area contributed by atoms with E-state index < -0.39 is 17.2 Å². The van der Waals surface area contributed by atoms with Gasteiger partial charge in [0.1, 0.15) is 6.10 Å². The van der Waals surface area contributed by atoms with E-state index in [0.29, 0.717) is 24.0 Å². The van der Waals surface area contributed by atoms with Crippen LogP contribution in [0.4, 0.5) is 0 Å². The molecule has 1 N–H and O–H groups in total. The third-order valence-corrected chi connectivity index (χ3v) is 6.67. The predicted octanol–water partition coefficient (Wildman–Crippen LogP) is 2.64. The molecular formula is C19H20O6. The molecule has 1 saturated heterocycles. The van der Waals surface area contributed by atoms with Crippen LogP contribution in [0.2, 0.25) is 0 Å². The summed E-state index contributed by atoms with van der Waals surface area (Å²) in [6, 6.07) is 1.81. The van der Waals surface area contributed by atoms with Crippen LogP contribution in [0.1, 0.15) is 50.7 Å². The molecule has 1 aromatic rings. The van der Waals surface area contributed by atoms with Gasteiger partial charge < -0.3 is 19.0 Å². The quantitative estimate of drug-likeness (QED) is 0.788. The van der Waals surface area contributed by atoms with Crippen LogP contribution in [-0.4, -0.2) is 22.8 Å². The standard InChI is InChI=1S/C19H20O6/c1-10-7-19(22)15-12(16(20)25-19)3-2-4-13(15)18(10)8-14(24-17(18)21)11-5-6-23-9-11/h5-6,9-10,13-14,22H,2-4,7-8H2,1H3/t10-,13-,14+,18-,19+/m1/s1. The summed E-state index contributed by atoms with van der Waals surface area (Å²) in [5.41, 5.74) is 1.35. The molecular weight excluding hydrogens is 324 g/mol. The summed E-state index contributed by atoms with van der Waals surface area (Å²) in [7, 11) is 0. The molecule has 132 valence electrons. The van der Waals surface area contributed by atoms with Crippen molar-refractivity contribution >= 4 is 11.9 Å². The van der Waals surface area contributed by atoms with E-state index in [1.165, 1.54) is 0 Å². The summed E-state index contributed by atoms with van der Waals surface area (Å²) in [6.07, 6.45) is 5.79. The van der Waals surface area contributed by atoms with Gasteiger partial charge in [0.25, 0.3) is 0 Å². The number of carbonyl (C=O) groups excluding carboxylic acids is 2. The Morgan fingerprint density at radius 3 is 2.88 bits per heavy atom. The predicted molar refractivity (Wildman–Crippen MR) is 83.8 cm³/mol. The Morgan fingerprint density at radius 2 is 2.12 bits per heavy atom. The van der Waals surface area contributed by atoms with Crippen molar-refractivity contribution in [2.75, 3.05) is 0 Å². The fraction of sp³-hybridized carbons (Fsp3) is 0.579. The summed E-state index contributed by atoms with van der Waals surface area (Å²) in [5, 5.41) is 11.0. The second-order valence-corrected chi connectivity index (χ2v) is 7.81. The van der Waals surface area contributed by atoms with Crippen molar-refractivity contribution in [3.8, 4) is 0 Å². The molecule has 0 radical (unpaired) electrons. The van der Waals surface area contributed by atoms with Crippen molar-refractivity contribution in [1.29, 1.82) is 0 Å². The fourth-order valence-electron chi connectivity index (χ4n) is 5.57. The van der Waals surface area contributed by atoms with Gasteiger partial charge in [-0.05, 0) is 31.2 Å². The number of ether oxygens (including phenoxy) is 2. The maximum absolute atomic E-state index is 13.1. The van der Waals surface area contributed by atoms with E-state index in [0.717, 1.165) is 18.4 Å². The van der Waals surface area contributed by atoms with Crippen molar-refractivity contribution < 1.29 is 28.6 Å². The summed E-state index contributed by atoms with van der Waals surface area (Å²) in [5.74, 6) is -2.56. The molecule has 0 aromatic carbocycles. The van der Waals surface area contributed by atoms with Crippen LogP contribution in [0.3, 0.4) is 0 Å². The van der Waals surface area contributed by atoms with E-state index in [-0.39, 0.29) is 30.3 Å². The Balaban J connectivity index is 1.62. The molecule has 2 aliphatic heterocycles. The highest BCUT2D eigenvalue weighted by Gasteiger charge is 2.68. The van der Waals surface area contributed by atoms with Crippen LogP contribution in [0.15, 0.2) is 34.2 Å². The van der Waals surface area contributed by atoms with E-state index in [4.69, 9.17) is 13.9 Å². The number of hydrogen-bond acceptors (Lipinski definition) is 6. The Bertz CT molecular complexity index is 793. The molecule has 25 heavy (non-hydrogen) atoms. The van der Waals surface area contributed by atoms with Crippen molar-refractivity contribution in [1.82, 2.24) is 0 Å². The van der Waals surface area contributed by atoms with Gasteiger partial charge in [0.15, 0.2) is 0 Å². The van der Waals surface area contributed by atoms with Gasteiger partial charge in [0.05, 0.1) is 17.9 Å². The van der Waals surface area contributed by atoms with Crippen LogP contribution in [0, 0.1) is 17.3 Å². The van der Waals surface area contributed by atoms with Gasteiger partial charge in [0.2, 0.25) is 5.79 Å². The minimum atomic E-state index is -1.55. The first-order chi connectivity index (χ1) is 12.0. The lowest BCUT2D eigenvalue weighted by Gasteiger charge is -2.49. The third-order valence-electron chi connectivity index (χ3n) is 6.67. The number of aliphatic hydroxyl groups is 1. The zero-order chi connectivity index (χ0) is 17.4. The first-order valence-corrected chi connectivity index (χ1v) is 8.88. The number of rotatable bonds is 1. The molecule has 6 heteroatoms. The molecule has 1 spiro atoms. The second kappa shape index (κ2) is 4.75. The number of carbonyl (C=O) groups is 2. The molecule has 1 saturated carbocycles. The highest BCUT2D eigenvalue weighted by atomic mass is 16.7. The van der Waals surface area contributed by atoms with Crippen molar-refractivity contribution in [3.63, 3.8) is 0 Å². The Hall–Kier alpha value is -2.08. The number of esters is 2. The average Bonchev–Trinajstić information content (AvgIpc) is 3.25. The molecule has 1 aromatic heterocycles. The van der Waals surface area contributed by atoms with Gasteiger partial charge >= 0.3 is 11.9 Å². The molecule has 3 heterocycles. The summed E-state index contributed by atoms with van der Waals surface area (Å²) < 4.78 is 16.2. The molecule has 5 atom stereocenters. The van der Waals surface area contributed by atoms with E-state index in [1.807, 2.05) is 13.0 Å². The van der Waals surface area contributed by atoms with Crippen molar-refractivity contribution in [2.45, 2.75) is 50.9 Å². The van der Waals surface area contributed by atoms with Crippen LogP contribution < -0.4 is 0 Å². The molecule has 4 aliphatic rings. The van der Waals surface area contributed by atoms with E-state index in [2.05, 4.69) is 0 Å². The Morgan fingerprint density at radius 1 is 1.28 bits per heavy atom. The van der Waals surface area contributed by atoms with Crippen molar-refractivity contribution in [3.05, 3.63) is 35.3 Å². The normalized spacial score (nSPS) is 42.6. The van der Waals surface area contributed by atoms with Gasteiger partial charge in [-0.15, -0.1) is 0 Å².